The third-order valence-corrected chi connectivity index (χ3v) is 1.52. The Morgan fingerprint density at radius 1 is 1.60 bits per heavy atom. The van der Waals surface area contributed by atoms with Crippen LogP contribution in [0, 0.1) is 0 Å². The first-order valence-corrected chi connectivity index (χ1v) is 3.19. The number of carbonyl (C=O) groups excluding carboxylic acids is 1. The highest BCUT2D eigenvalue weighted by molar-refractivity contribution is 5.97. The van der Waals surface area contributed by atoms with Crippen molar-refractivity contribution in [3.8, 4) is 0 Å². The summed E-state index contributed by atoms with van der Waals surface area (Å²) in [4.78, 5) is 10.9. The number of hydrogen-bond acceptors (Lipinski definition) is 2. The zero-order valence-electron chi connectivity index (χ0n) is 6.18. The molecule has 0 fully saturated rings. The van der Waals surface area contributed by atoms with Crippen LogP contribution >= 0.6 is 0 Å². The van der Waals surface area contributed by atoms with Crippen molar-refractivity contribution in [3.05, 3.63) is 23.5 Å². The molecule has 0 amide bonds. The first kappa shape index (κ1) is 7.06. The lowest BCUT2D eigenvalue weighted by Crippen LogP contribution is -2.03. The summed E-state index contributed by atoms with van der Waals surface area (Å²) >= 11 is 0. The molecule has 0 saturated heterocycles. The van der Waals surface area contributed by atoms with E-state index < -0.39 is 0 Å². The van der Waals surface area contributed by atoms with Gasteiger partial charge < -0.3 is 4.74 Å². The Labute approximate surface area is 60.2 Å². The first-order valence-electron chi connectivity index (χ1n) is 3.19. The fraction of sp³-hybridized carbons (Fsp3) is 0.375. The van der Waals surface area contributed by atoms with Crippen molar-refractivity contribution in [2.24, 2.45) is 0 Å². The van der Waals surface area contributed by atoms with Gasteiger partial charge in [-0.1, -0.05) is 0 Å². The number of hydrogen-bond donors (Lipinski definition) is 0. The van der Waals surface area contributed by atoms with Gasteiger partial charge in [0.1, 0.15) is 5.76 Å². The second-order valence-corrected chi connectivity index (χ2v) is 2.27. The SMILES string of the molecule is COC1=CCC(=O)C(C)=C1. The topological polar surface area (TPSA) is 26.3 Å². The molecule has 0 heterocycles. The van der Waals surface area contributed by atoms with Gasteiger partial charge in [-0.2, -0.15) is 0 Å². The monoisotopic (exact) mass is 138 g/mol. The van der Waals surface area contributed by atoms with E-state index >= 15 is 0 Å². The average Bonchev–Trinajstić information content (AvgIpc) is 1.95. The van der Waals surface area contributed by atoms with E-state index in [1.165, 1.54) is 0 Å². The van der Waals surface area contributed by atoms with Gasteiger partial charge in [-0.05, 0) is 24.6 Å². The van der Waals surface area contributed by atoms with E-state index in [1.54, 1.807) is 26.2 Å². The maximum atomic E-state index is 10.9. The third-order valence-electron chi connectivity index (χ3n) is 1.52. The molecule has 2 heteroatoms. The Hall–Kier alpha value is -1.05. The van der Waals surface area contributed by atoms with Crippen molar-refractivity contribution in [1.82, 2.24) is 0 Å². The van der Waals surface area contributed by atoms with Gasteiger partial charge in [0, 0.05) is 6.42 Å². The smallest absolute Gasteiger partial charge is 0.162 e. The second-order valence-electron chi connectivity index (χ2n) is 2.27. The van der Waals surface area contributed by atoms with E-state index in [0.29, 0.717) is 6.42 Å². The molecule has 0 saturated carbocycles. The number of rotatable bonds is 1. The highest BCUT2D eigenvalue weighted by Gasteiger charge is 2.08. The third kappa shape index (κ3) is 1.26. The van der Waals surface area contributed by atoms with Crippen molar-refractivity contribution < 1.29 is 9.53 Å². The Bertz CT molecular complexity index is 211. The molecular weight excluding hydrogens is 128 g/mol. The largest absolute Gasteiger partial charge is 0.497 e. The zero-order valence-corrected chi connectivity index (χ0v) is 6.18. The summed E-state index contributed by atoms with van der Waals surface area (Å²) in [5, 5.41) is 0. The summed E-state index contributed by atoms with van der Waals surface area (Å²) in [5.41, 5.74) is 0.777. The van der Waals surface area contributed by atoms with E-state index in [1.807, 2.05) is 0 Å². The molecule has 0 aromatic heterocycles. The molecule has 2 nitrogen and oxygen atoms in total. The van der Waals surface area contributed by atoms with E-state index in [9.17, 15) is 4.79 Å². The summed E-state index contributed by atoms with van der Waals surface area (Å²) in [7, 11) is 1.60. The maximum Gasteiger partial charge on any atom is 0.162 e. The summed E-state index contributed by atoms with van der Waals surface area (Å²) in [5.74, 6) is 0.970. The van der Waals surface area contributed by atoms with Crippen LogP contribution in [0.4, 0.5) is 0 Å². The van der Waals surface area contributed by atoms with Gasteiger partial charge in [-0.25, -0.2) is 0 Å². The molecule has 0 bridgehead atoms. The van der Waals surface area contributed by atoms with Crippen molar-refractivity contribution in [2.75, 3.05) is 7.11 Å². The number of Topliss-reactive ketones (excluding diaryl/α,β-unsaturated/α-hetero) is 1. The van der Waals surface area contributed by atoms with E-state index in [2.05, 4.69) is 0 Å². The lowest BCUT2D eigenvalue weighted by atomic mass is 10.0. The van der Waals surface area contributed by atoms with Gasteiger partial charge in [-0.15, -0.1) is 0 Å². The number of allylic oxidation sites excluding steroid dienone is 3. The van der Waals surface area contributed by atoms with Crippen LogP contribution in [0.25, 0.3) is 0 Å². The van der Waals surface area contributed by atoms with Crippen LogP contribution in [-0.4, -0.2) is 12.9 Å². The van der Waals surface area contributed by atoms with Gasteiger partial charge in [0.25, 0.3) is 0 Å². The van der Waals surface area contributed by atoms with Crippen LogP contribution in [0.5, 0.6) is 0 Å². The lowest BCUT2D eigenvalue weighted by Gasteiger charge is -2.07. The molecule has 0 aliphatic heterocycles. The number of carbonyl (C=O) groups is 1. The number of ether oxygens (including phenoxy) is 1. The van der Waals surface area contributed by atoms with Gasteiger partial charge in [0.15, 0.2) is 5.78 Å². The van der Waals surface area contributed by atoms with Crippen molar-refractivity contribution in [1.29, 1.82) is 0 Å². The second kappa shape index (κ2) is 2.69. The highest BCUT2D eigenvalue weighted by atomic mass is 16.5. The number of ketones is 1. The molecular formula is C8H10O2. The molecule has 54 valence electrons. The fourth-order valence-corrected chi connectivity index (χ4v) is 0.849. The highest BCUT2D eigenvalue weighted by Crippen LogP contribution is 2.13. The Balaban J connectivity index is 2.79. The normalized spacial score (nSPS) is 18.0. The zero-order chi connectivity index (χ0) is 7.56. The molecule has 0 aromatic carbocycles. The van der Waals surface area contributed by atoms with Crippen molar-refractivity contribution in [2.45, 2.75) is 13.3 Å². The Morgan fingerprint density at radius 3 is 2.80 bits per heavy atom. The van der Waals surface area contributed by atoms with E-state index in [-0.39, 0.29) is 5.78 Å². The fourth-order valence-electron chi connectivity index (χ4n) is 0.849. The Kier molecular flexibility index (Phi) is 1.90. The van der Waals surface area contributed by atoms with Crippen molar-refractivity contribution >= 4 is 5.78 Å². The predicted octanol–water partition coefficient (Wildman–Crippen LogP) is 1.44. The van der Waals surface area contributed by atoms with E-state index in [4.69, 9.17) is 4.74 Å². The molecule has 10 heavy (non-hydrogen) atoms. The van der Waals surface area contributed by atoms with Gasteiger partial charge in [-0.3, -0.25) is 4.79 Å². The molecule has 0 aromatic rings. The molecule has 0 unspecified atom stereocenters. The van der Waals surface area contributed by atoms with Crippen LogP contribution in [0.3, 0.4) is 0 Å². The summed E-state index contributed by atoms with van der Waals surface area (Å²) < 4.78 is 4.94. The molecule has 0 N–H and O–H groups in total. The minimum Gasteiger partial charge on any atom is -0.497 e. The van der Waals surface area contributed by atoms with Gasteiger partial charge in [0.2, 0.25) is 0 Å². The molecule has 0 atom stereocenters. The molecule has 1 aliphatic carbocycles. The molecule has 0 radical (unpaired) electrons. The summed E-state index contributed by atoms with van der Waals surface area (Å²) in [6, 6.07) is 0. The molecule has 0 spiro atoms. The first-order chi connectivity index (χ1) is 4.74. The van der Waals surface area contributed by atoms with Crippen LogP contribution in [0.1, 0.15) is 13.3 Å². The summed E-state index contributed by atoms with van der Waals surface area (Å²) in [6.45, 7) is 1.80. The lowest BCUT2D eigenvalue weighted by molar-refractivity contribution is -0.114. The summed E-state index contributed by atoms with van der Waals surface area (Å²) in [6.07, 6.45) is 4.02. The maximum absolute atomic E-state index is 10.9. The van der Waals surface area contributed by atoms with Crippen LogP contribution in [-0.2, 0) is 9.53 Å². The van der Waals surface area contributed by atoms with Gasteiger partial charge >= 0.3 is 0 Å². The standard InChI is InChI=1S/C8H10O2/c1-6-5-7(10-2)3-4-8(6)9/h3,5H,4H2,1-2H3. The average molecular weight is 138 g/mol. The predicted molar refractivity (Wildman–Crippen MR) is 38.5 cm³/mol. The Morgan fingerprint density at radius 2 is 2.30 bits per heavy atom. The van der Waals surface area contributed by atoms with Gasteiger partial charge in [0.05, 0.1) is 7.11 Å². The van der Waals surface area contributed by atoms with Crippen LogP contribution < -0.4 is 0 Å². The van der Waals surface area contributed by atoms with Crippen molar-refractivity contribution in [3.63, 3.8) is 0 Å². The molecule has 1 rings (SSSR count). The van der Waals surface area contributed by atoms with Crippen LogP contribution in [0.2, 0.25) is 0 Å². The van der Waals surface area contributed by atoms with Crippen LogP contribution in [0.15, 0.2) is 23.5 Å². The minimum absolute atomic E-state index is 0.181. The molecule has 1 aliphatic rings. The minimum atomic E-state index is 0.181. The number of methoxy groups -OCH3 is 1. The van der Waals surface area contributed by atoms with E-state index in [0.717, 1.165) is 11.3 Å². The quantitative estimate of drug-likeness (QED) is 0.548.